The number of nitrogens with one attached hydrogen (secondary N) is 1. The van der Waals surface area contributed by atoms with Gasteiger partial charge in [-0.15, -0.1) is 0 Å². The SMILES string of the molecule is O=c1[nH]cnc2c1nc(N1CCOCC1)n2C1OC(CO)C(O)C1O. The molecular formula is C14H19N5O6. The van der Waals surface area contributed by atoms with Crippen LogP contribution >= 0.6 is 0 Å². The van der Waals surface area contributed by atoms with E-state index in [2.05, 4.69) is 15.0 Å². The van der Waals surface area contributed by atoms with E-state index in [1.54, 1.807) is 0 Å². The average molecular weight is 353 g/mol. The molecule has 4 rings (SSSR count). The maximum Gasteiger partial charge on any atom is 0.278 e. The monoisotopic (exact) mass is 353 g/mol. The Labute approximate surface area is 141 Å². The molecule has 25 heavy (non-hydrogen) atoms. The van der Waals surface area contributed by atoms with E-state index < -0.39 is 36.7 Å². The summed E-state index contributed by atoms with van der Waals surface area (Å²) in [5, 5.41) is 29.8. The minimum absolute atomic E-state index is 0.113. The third-order valence-corrected chi connectivity index (χ3v) is 4.53. The van der Waals surface area contributed by atoms with Gasteiger partial charge in [0, 0.05) is 13.1 Å². The Morgan fingerprint density at radius 2 is 2.04 bits per heavy atom. The second kappa shape index (κ2) is 6.35. The number of rotatable bonds is 3. The molecule has 4 heterocycles. The molecule has 2 fully saturated rings. The van der Waals surface area contributed by atoms with Crippen molar-refractivity contribution >= 4 is 17.1 Å². The van der Waals surface area contributed by atoms with E-state index in [1.165, 1.54) is 10.9 Å². The summed E-state index contributed by atoms with van der Waals surface area (Å²) in [5.74, 6) is 0.400. The summed E-state index contributed by atoms with van der Waals surface area (Å²) in [6, 6.07) is 0. The summed E-state index contributed by atoms with van der Waals surface area (Å²) in [6.07, 6.45) is -3.27. The molecule has 2 aliphatic rings. The van der Waals surface area contributed by atoms with Gasteiger partial charge < -0.3 is 34.7 Å². The lowest BCUT2D eigenvalue weighted by Gasteiger charge is -2.30. The number of hydrogen-bond acceptors (Lipinski definition) is 9. The Balaban J connectivity index is 1.86. The van der Waals surface area contributed by atoms with E-state index >= 15 is 0 Å². The van der Waals surface area contributed by atoms with Crippen LogP contribution in [-0.2, 0) is 9.47 Å². The van der Waals surface area contributed by atoms with E-state index in [-0.39, 0.29) is 11.2 Å². The predicted molar refractivity (Wildman–Crippen MR) is 84.2 cm³/mol. The van der Waals surface area contributed by atoms with E-state index in [0.717, 1.165) is 0 Å². The molecule has 0 radical (unpaired) electrons. The third kappa shape index (κ3) is 2.60. The molecule has 0 saturated carbocycles. The Kier molecular flexibility index (Phi) is 4.17. The van der Waals surface area contributed by atoms with Crippen LogP contribution in [0.2, 0.25) is 0 Å². The van der Waals surface area contributed by atoms with Gasteiger partial charge in [-0.25, -0.2) is 9.97 Å². The summed E-state index contributed by atoms with van der Waals surface area (Å²) in [4.78, 5) is 25.0. The number of anilines is 1. The molecule has 0 spiro atoms. The maximum atomic E-state index is 12.1. The van der Waals surface area contributed by atoms with Crippen molar-refractivity contribution in [1.29, 1.82) is 0 Å². The Morgan fingerprint density at radius 3 is 2.72 bits per heavy atom. The van der Waals surface area contributed by atoms with Gasteiger partial charge in [-0.1, -0.05) is 0 Å². The molecule has 0 aliphatic carbocycles. The van der Waals surface area contributed by atoms with E-state index in [9.17, 15) is 20.1 Å². The smallest absolute Gasteiger partial charge is 0.278 e. The second-order valence-corrected chi connectivity index (χ2v) is 6.01. The number of aromatic nitrogens is 4. The van der Waals surface area contributed by atoms with E-state index in [1.807, 2.05) is 4.90 Å². The largest absolute Gasteiger partial charge is 0.394 e. The number of aliphatic hydroxyl groups excluding tert-OH is 3. The van der Waals surface area contributed by atoms with Crippen LogP contribution in [0.1, 0.15) is 6.23 Å². The molecule has 0 amide bonds. The quantitative estimate of drug-likeness (QED) is 0.473. The first-order valence-electron chi connectivity index (χ1n) is 8.02. The minimum Gasteiger partial charge on any atom is -0.394 e. The number of aliphatic hydroxyl groups is 3. The lowest BCUT2D eigenvalue weighted by atomic mass is 10.1. The van der Waals surface area contributed by atoms with Crippen LogP contribution in [0, 0.1) is 0 Å². The number of aromatic amines is 1. The predicted octanol–water partition coefficient (Wildman–Crippen LogP) is -2.43. The molecule has 4 atom stereocenters. The number of morpholine rings is 1. The molecule has 11 heteroatoms. The van der Waals surface area contributed by atoms with Gasteiger partial charge in [0.05, 0.1) is 26.1 Å². The highest BCUT2D eigenvalue weighted by Gasteiger charge is 2.45. The number of fused-ring (bicyclic) bond motifs is 1. The molecule has 2 aliphatic heterocycles. The van der Waals surface area contributed by atoms with Crippen LogP contribution in [0.15, 0.2) is 11.1 Å². The van der Waals surface area contributed by atoms with Gasteiger partial charge in [-0.3, -0.25) is 9.36 Å². The van der Waals surface area contributed by atoms with E-state index in [0.29, 0.717) is 32.3 Å². The molecule has 2 saturated heterocycles. The third-order valence-electron chi connectivity index (χ3n) is 4.53. The average Bonchev–Trinajstić information content (AvgIpc) is 3.15. The summed E-state index contributed by atoms with van der Waals surface area (Å²) < 4.78 is 12.5. The van der Waals surface area contributed by atoms with Gasteiger partial charge in [-0.05, 0) is 0 Å². The van der Waals surface area contributed by atoms with Gasteiger partial charge in [-0.2, -0.15) is 0 Å². The molecule has 0 aromatic carbocycles. The van der Waals surface area contributed by atoms with Crippen molar-refractivity contribution in [3.05, 3.63) is 16.7 Å². The molecule has 2 aromatic heterocycles. The summed E-state index contributed by atoms with van der Waals surface area (Å²) in [5.41, 5.74) is -0.0631. The number of ether oxygens (including phenoxy) is 2. The summed E-state index contributed by atoms with van der Waals surface area (Å²) in [6.45, 7) is 1.67. The molecule has 2 aromatic rings. The lowest BCUT2D eigenvalue weighted by molar-refractivity contribution is -0.0506. The number of hydrogen-bond donors (Lipinski definition) is 4. The fourth-order valence-corrected chi connectivity index (χ4v) is 3.22. The van der Waals surface area contributed by atoms with Crippen LogP contribution in [0.25, 0.3) is 11.2 Å². The molecular weight excluding hydrogens is 334 g/mol. The first-order valence-corrected chi connectivity index (χ1v) is 8.02. The minimum atomic E-state index is -1.30. The number of nitrogens with zero attached hydrogens (tertiary/aromatic N) is 4. The van der Waals surface area contributed by atoms with Crippen molar-refractivity contribution in [3.8, 4) is 0 Å². The fourth-order valence-electron chi connectivity index (χ4n) is 3.22. The molecule has 4 N–H and O–H groups in total. The van der Waals surface area contributed by atoms with Crippen LogP contribution in [0.3, 0.4) is 0 Å². The van der Waals surface area contributed by atoms with Crippen molar-refractivity contribution in [2.45, 2.75) is 24.5 Å². The fraction of sp³-hybridized carbons (Fsp3) is 0.643. The van der Waals surface area contributed by atoms with Crippen molar-refractivity contribution in [2.24, 2.45) is 0 Å². The second-order valence-electron chi connectivity index (χ2n) is 6.01. The van der Waals surface area contributed by atoms with E-state index in [4.69, 9.17) is 9.47 Å². The topological polar surface area (TPSA) is 146 Å². The Hall–Kier alpha value is -2.05. The van der Waals surface area contributed by atoms with Gasteiger partial charge in [0.15, 0.2) is 17.4 Å². The Morgan fingerprint density at radius 1 is 1.28 bits per heavy atom. The van der Waals surface area contributed by atoms with Crippen LogP contribution < -0.4 is 10.5 Å². The lowest BCUT2D eigenvalue weighted by Crippen LogP contribution is -2.39. The highest BCUT2D eigenvalue weighted by Crippen LogP contribution is 2.34. The first-order chi connectivity index (χ1) is 12.1. The van der Waals surface area contributed by atoms with Crippen molar-refractivity contribution in [1.82, 2.24) is 19.5 Å². The van der Waals surface area contributed by atoms with Crippen LogP contribution in [0.5, 0.6) is 0 Å². The molecule has 4 unspecified atom stereocenters. The van der Waals surface area contributed by atoms with Gasteiger partial charge in [0.25, 0.3) is 5.56 Å². The van der Waals surface area contributed by atoms with Gasteiger partial charge in [0.2, 0.25) is 5.95 Å². The van der Waals surface area contributed by atoms with Gasteiger partial charge >= 0.3 is 0 Å². The summed E-state index contributed by atoms with van der Waals surface area (Å²) in [7, 11) is 0. The Bertz CT molecular complexity index is 816. The number of H-pyrrole nitrogens is 1. The van der Waals surface area contributed by atoms with Gasteiger partial charge in [0.1, 0.15) is 18.3 Å². The standard InChI is InChI=1S/C14H19N5O6/c20-5-7-9(21)10(22)13(25-7)19-11-8(12(23)16-6-15-11)17-14(19)18-1-3-24-4-2-18/h6-7,9-10,13,20-22H,1-5H2,(H,15,16,23). The highest BCUT2D eigenvalue weighted by atomic mass is 16.6. The van der Waals surface area contributed by atoms with Crippen molar-refractivity contribution in [2.75, 3.05) is 37.8 Å². The van der Waals surface area contributed by atoms with Crippen molar-refractivity contribution < 1.29 is 24.8 Å². The normalized spacial score (nSPS) is 30.3. The highest BCUT2D eigenvalue weighted by molar-refractivity contribution is 5.73. The van der Waals surface area contributed by atoms with Crippen LogP contribution in [0.4, 0.5) is 5.95 Å². The molecule has 11 nitrogen and oxygen atoms in total. The number of imidazole rings is 1. The molecule has 0 bridgehead atoms. The van der Waals surface area contributed by atoms with Crippen molar-refractivity contribution in [3.63, 3.8) is 0 Å². The summed E-state index contributed by atoms with van der Waals surface area (Å²) >= 11 is 0. The maximum absolute atomic E-state index is 12.1. The zero-order valence-electron chi connectivity index (χ0n) is 13.3. The molecule has 136 valence electrons. The van der Waals surface area contributed by atoms with Crippen LogP contribution in [-0.4, -0.2) is 86.1 Å². The zero-order valence-corrected chi connectivity index (χ0v) is 13.3. The zero-order chi connectivity index (χ0) is 17.6. The first kappa shape index (κ1) is 16.4.